The van der Waals surface area contributed by atoms with Crippen molar-refractivity contribution in [3.8, 4) is 0 Å². The van der Waals surface area contributed by atoms with E-state index in [2.05, 4.69) is 44.3 Å². The van der Waals surface area contributed by atoms with Gasteiger partial charge < -0.3 is 5.32 Å². The first-order chi connectivity index (χ1) is 6.22. The lowest BCUT2D eigenvalue weighted by Gasteiger charge is -2.11. The molecule has 1 unspecified atom stereocenters. The normalized spacial score (nSPS) is 15.2. The van der Waals surface area contributed by atoms with Crippen LogP contribution in [0.3, 0.4) is 0 Å². The van der Waals surface area contributed by atoms with Gasteiger partial charge in [0.2, 0.25) is 0 Å². The largest absolute Gasteiger partial charge is 0.320 e. The van der Waals surface area contributed by atoms with Gasteiger partial charge >= 0.3 is 0 Å². The lowest BCUT2D eigenvalue weighted by atomic mass is 9.97. The Morgan fingerprint density at radius 3 is 2.69 bits per heavy atom. The zero-order valence-corrected chi connectivity index (χ0v) is 9.43. The molecular weight excluding hydrogens is 158 g/mol. The quantitative estimate of drug-likeness (QED) is 0.490. The molecule has 1 atom stereocenters. The fourth-order valence-electron chi connectivity index (χ4n) is 1.22. The highest BCUT2D eigenvalue weighted by Gasteiger charge is 2.01. The standard InChI is InChI=1S/C12H23N/c1-5-6-8-11(2)12(3)9-7-10-13-4/h5-6,8,12-13H,7,9-10H2,1-4H3/b6-5-,11-8+. The second kappa shape index (κ2) is 8.06. The van der Waals surface area contributed by atoms with Crippen LogP contribution in [0.25, 0.3) is 0 Å². The van der Waals surface area contributed by atoms with Crippen LogP contribution in [0.4, 0.5) is 0 Å². The van der Waals surface area contributed by atoms with Crippen LogP contribution in [-0.2, 0) is 0 Å². The van der Waals surface area contributed by atoms with Crippen LogP contribution in [0, 0.1) is 5.92 Å². The summed E-state index contributed by atoms with van der Waals surface area (Å²) >= 11 is 0. The van der Waals surface area contributed by atoms with E-state index in [-0.39, 0.29) is 0 Å². The molecule has 0 aromatic heterocycles. The van der Waals surface area contributed by atoms with Gasteiger partial charge in [0.05, 0.1) is 0 Å². The van der Waals surface area contributed by atoms with E-state index in [1.165, 1.54) is 18.4 Å². The number of nitrogens with one attached hydrogen (secondary N) is 1. The minimum absolute atomic E-state index is 0.713. The monoisotopic (exact) mass is 181 g/mol. The van der Waals surface area contributed by atoms with Crippen molar-refractivity contribution in [1.29, 1.82) is 0 Å². The SMILES string of the molecule is C/C=C\C=C(/C)C(C)CCCNC. The Kier molecular flexibility index (Phi) is 7.71. The average Bonchev–Trinajstić information content (AvgIpc) is 2.14. The maximum Gasteiger partial charge on any atom is -0.00517 e. The Labute approximate surface area is 82.9 Å². The van der Waals surface area contributed by atoms with Gasteiger partial charge in [-0.3, -0.25) is 0 Å². The predicted octanol–water partition coefficient (Wildman–Crippen LogP) is 3.14. The average molecular weight is 181 g/mol. The third kappa shape index (κ3) is 6.59. The summed E-state index contributed by atoms with van der Waals surface area (Å²) in [5.74, 6) is 0.713. The summed E-state index contributed by atoms with van der Waals surface area (Å²) in [7, 11) is 2.01. The zero-order chi connectivity index (χ0) is 10.1. The van der Waals surface area contributed by atoms with E-state index in [9.17, 15) is 0 Å². The molecule has 0 aliphatic rings. The van der Waals surface area contributed by atoms with Crippen LogP contribution in [0.5, 0.6) is 0 Å². The Hall–Kier alpha value is -0.560. The van der Waals surface area contributed by atoms with Gasteiger partial charge in [0.25, 0.3) is 0 Å². The Morgan fingerprint density at radius 1 is 1.46 bits per heavy atom. The third-order valence-corrected chi connectivity index (χ3v) is 2.39. The highest BCUT2D eigenvalue weighted by atomic mass is 14.8. The van der Waals surface area contributed by atoms with Crippen molar-refractivity contribution in [1.82, 2.24) is 5.32 Å². The lowest BCUT2D eigenvalue weighted by Crippen LogP contribution is -2.09. The van der Waals surface area contributed by atoms with Crippen LogP contribution in [-0.4, -0.2) is 13.6 Å². The smallest absolute Gasteiger partial charge is 0.00517 e. The van der Waals surface area contributed by atoms with E-state index >= 15 is 0 Å². The lowest BCUT2D eigenvalue weighted by molar-refractivity contribution is 0.563. The van der Waals surface area contributed by atoms with Gasteiger partial charge in [0.1, 0.15) is 0 Å². The molecule has 0 saturated heterocycles. The molecule has 0 aliphatic carbocycles. The first kappa shape index (κ1) is 12.4. The van der Waals surface area contributed by atoms with E-state index in [4.69, 9.17) is 0 Å². The van der Waals surface area contributed by atoms with Gasteiger partial charge in [-0.25, -0.2) is 0 Å². The topological polar surface area (TPSA) is 12.0 Å². The fourth-order valence-corrected chi connectivity index (χ4v) is 1.22. The van der Waals surface area contributed by atoms with Crippen molar-refractivity contribution in [2.75, 3.05) is 13.6 Å². The molecule has 1 nitrogen and oxygen atoms in total. The van der Waals surface area contributed by atoms with Crippen LogP contribution in [0.2, 0.25) is 0 Å². The minimum atomic E-state index is 0.713. The Balaban J connectivity index is 3.74. The molecule has 0 heterocycles. The summed E-state index contributed by atoms with van der Waals surface area (Å²) in [5, 5.41) is 3.17. The minimum Gasteiger partial charge on any atom is -0.320 e. The molecule has 0 amide bonds. The molecule has 1 heteroatoms. The summed E-state index contributed by atoms with van der Waals surface area (Å²) in [4.78, 5) is 0. The van der Waals surface area contributed by atoms with Crippen LogP contribution in [0.15, 0.2) is 23.8 Å². The van der Waals surface area contributed by atoms with Crippen molar-refractivity contribution in [2.45, 2.75) is 33.6 Å². The Bertz CT molecular complexity index is 168. The molecule has 0 spiro atoms. The van der Waals surface area contributed by atoms with E-state index in [0.29, 0.717) is 5.92 Å². The molecule has 0 aliphatic heterocycles. The van der Waals surface area contributed by atoms with Crippen LogP contribution in [0.1, 0.15) is 33.6 Å². The maximum atomic E-state index is 3.17. The van der Waals surface area contributed by atoms with E-state index < -0.39 is 0 Å². The highest BCUT2D eigenvalue weighted by molar-refractivity contribution is 5.11. The Morgan fingerprint density at radius 2 is 2.15 bits per heavy atom. The summed E-state index contributed by atoms with van der Waals surface area (Å²) in [6.07, 6.45) is 8.94. The van der Waals surface area contributed by atoms with Crippen molar-refractivity contribution >= 4 is 0 Å². The van der Waals surface area contributed by atoms with Crippen molar-refractivity contribution in [2.24, 2.45) is 5.92 Å². The second-order valence-electron chi connectivity index (χ2n) is 3.58. The summed E-state index contributed by atoms with van der Waals surface area (Å²) < 4.78 is 0. The number of rotatable bonds is 6. The second-order valence-corrected chi connectivity index (χ2v) is 3.58. The first-order valence-corrected chi connectivity index (χ1v) is 5.16. The van der Waals surface area contributed by atoms with Crippen LogP contribution >= 0.6 is 0 Å². The van der Waals surface area contributed by atoms with Crippen molar-refractivity contribution in [3.63, 3.8) is 0 Å². The van der Waals surface area contributed by atoms with Gasteiger partial charge in [-0.2, -0.15) is 0 Å². The first-order valence-electron chi connectivity index (χ1n) is 5.16. The molecule has 0 aromatic carbocycles. The molecule has 1 N–H and O–H groups in total. The fraction of sp³-hybridized carbons (Fsp3) is 0.667. The maximum absolute atomic E-state index is 3.17. The van der Waals surface area contributed by atoms with E-state index in [1.54, 1.807) is 0 Å². The molecule has 76 valence electrons. The summed E-state index contributed by atoms with van der Waals surface area (Å²) in [5.41, 5.74) is 1.48. The van der Waals surface area contributed by atoms with Gasteiger partial charge in [-0.1, -0.05) is 30.7 Å². The van der Waals surface area contributed by atoms with Crippen molar-refractivity contribution in [3.05, 3.63) is 23.8 Å². The summed E-state index contributed by atoms with van der Waals surface area (Å²) in [6, 6.07) is 0. The van der Waals surface area contributed by atoms with E-state index in [1.807, 2.05) is 7.05 Å². The van der Waals surface area contributed by atoms with Gasteiger partial charge in [0.15, 0.2) is 0 Å². The number of hydrogen-bond acceptors (Lipinski definition) is 1. The summed E-state index contributed by atoms with van der Waals surface area (Å²) in [6.45, 7) is 7.69. The molecule has 0 rings (SSSR count). The molecule has 0 aromatic rings. The molecule has 13 heavy (non-hydrogen) atoms. The van der Waals surface area contributed by atoms with Gasteiger partial charge in [-0.05, 0) is 46.2 Å². The molecule has 0 saturated carbocycles. The molecule has 0 bridgehead atoms. The molecule has 0 radical (unpaired) electrons. The number of hydrogen-bond donors (Lipinski definition) is 1. The predicted molar refractivity (Wildman–Crippen MR) is 60.9 cm³/mol. The molecular formula is C12H23N. The molecule has 0 fully saturated rings. The third-order valence-electron chi connectivity index (χ3n) is 2.39. The van der Waals surface area contributed by atoms with Gasteiger partial charge in [-0.15, -0.1) is 0 Å². The highest BCUT2D eigenvalue weighted by Crippen LogP contribution is 2.15. The van der Waals surface area contributed by atoms with Gasteiger partial charge in [0, 0.05) is 0 Å². The van der Waals surface area contributed by atoms with E-state index in [0.717, 1.165) is 6.54 Å². The van der Waals surface area contributed by atoms with Crippen LogP contribution < -0.4 is 5.32 Å². The van der Waals surface area contributed by atoms with Crippen molar-refractivity contribution < 1.29 is 0 Å². The number of allylic oxidation sites excluding steroid dienone is 4. The zero-order valence-electron chi connectivity index (χ0n) is 9.43.